The lowest BCUT2D eigenvalue weighted by Crippen LogP contribution is -2.38. The molecule has 0 saturated heterocycles. The SMILES string of the molecule is COC(=O)c1ccnc(NC(=O)CC(C)NC(=O)C2CCCC2)c1. The Hall–Kier alpha value is -2.44. The van der Waals surface area contributed by atoms with Crippen LogP contribution in [0.3, 0.4) is 0 Å². The Kier molecular flexibility index (Phi) is 6.28. The molecule has 0 radical (unpaired) electrons. The molecule has 1 aliphatic carbocycles. The predicted molar refractivity (Wildman–Crippen MR) is 88.4 cm³/mol. The molecule has 1 atom stereocenters. The lowest BCUT2D eigenvalue weighted by atomic mass is 10.1. The van der Waals surface area contributed by atoms with Gasteiger partial charge in [-0.3, -0.25) is 9.59 Å². The number of ether oxygens (including phenoxy) is 1. The third-order valence-corrected chi connectivity index (χ3v) is 4.05. The van der Waals surface area contributed by atoms with Crippen molar-refractivity contribution in [1.82, 2.24) is 10.3 Å². The average molecular weight is 333 g/mol. The summed E-state index contributed by atoms with van der Waals surface area (Å²) >= 11 is 0. The van der Waals surface area contributed by atoms with E-state index in [1.807, 2.05) is 0 Å². The third-order valence-electron chi connectivity index (χ3n) is 4.05. The number of pyridine rings is 1. The summed E-state index contributed by atoms with van der Waals surface area (Å²) < 4.78 is 4.63. The van der Waals surface area contributed by atoms with Gasteiger partial charge in [0.05, 0.1) is 12.7 Å². The number of nitrogens with one attached hydrogen (secondary N) is 2. The van der Waals surface area contributed by atoms with Crippen LogP contribution in [0.15, 0.2) is 18.3 Å². The molecule has 0 bridgehead atoms. The molecule has 24 heavy (non-hydrogen) atoms. The first-order chi connectivity index (χ1) is 11.5. The normalized spacial score (nSPS) is 15.6. The van der Waals surface area contributed by atoms with Crippen LogP contribution < -0.4 is 10.6 Å². The van der Waals surface area contributed by atoms with E-state index in [0.29, 0.717) is 5.56 Å². The number of hydrogen-bond acceptors (Lipinski definition) is 5. The van der Waals surface area contributed by atoms with Crippen LogP contribution in [0.1, 0.15) is 49.4 Å². The van der Waals surface area contributed by atoms with E-state index in [2.05, 4.69) is 20.4 Å². The number of hydrogen-bond donors (Lipinski definition) is 2. The number of nitrogens with zero attached hydrogens (tertiary/aromatic N) is 1. The minimum absolute atomic E-state index is 0.0265. The number of anilines is 1. The van der Waals surface area contributed by atoms with Crippen LogP contribution in [0.2, 0.25) is 0 Å². The van der Waals surface area contributed by atoms with E-state index in [0.717, 1.165) is 25.7 Å². The van der Waals surface area contributed by atoms with Crippen LogP contribution in [0.25, 0.3) is 0 Å². The summed E-state index contributed by atoms with van der Waals surface area (Å²) in [4.78, 5) is 39.6. The Morgan fingerprint density at radius 2 is 2.04 bits per heavy atom. The fourth-order valence-electron chi connectivity index (χ4n) is 2.82. The van der Waals surface area contributed by atoms with E-state index in [1.165, 1.54) is 25.4 Å². The molecule has 0 aromatic carbocycles. The van der Waals surface area contributed by atoms with Gasteiger partial charge in [0.25, 0.3) is 0 Å². The van der Waals surface area contributed by atoms with Crippen LogP contribution in [-0.2, 0) is 14.3 Å². The standard InChI is InChI=1S/C17H23N3O4/c1-11(19-16(22)12-5-3-4-6-12)9-15(21)20-14-10-13(7-8-18-14)17(23)24-2/h7-8,10-12H,3-6,9H2,1-2H3,(H,19,22)(H,18,20,21). The molecule has 1 fully saturated rings. The highest BCUT2D eigenvalue weighted by Gasteiger charge is 2.24. The quantitative estimate of drug-likeness (QED) is 0.775. The molecule has 1 aromatic heterocycles. The zero-order chi connectivity index (χ0) is 17.5. The van der Waals surface area contributed by atoms with Crippen LogP contribution in [-0.4, -0.2) is 35.9 Å². The van der Waals surface area contributed by atoms with Gasteiger partial charge >= 0.3 is 5.97 Å². The Morgan fingerprint density at radius 3 is 2.71 bits per heavy atom. The van der Waals surface area contributed by atoms with Gasteiger partial charge in [0, 0.05) is 24.6 Å². The average Bonchev–Trinajstić information content (AvgIpc) is 3.08. The number of methoxy groups -OCH3 is 1. The second kappa shape index (κ2) is 8.42. The molecule has 2 amide bonds. The minimum Gasteiger partial charge on any atom is -0.465 e. The largest absolute Gasteiger partial charge is 0.465 e. The third kappa shape index (κ3) is 5.04. The smallest absolute Gasteiger partial charge is 0.338 e. The van der Waals surface area contributed by atoms with Crippen molar-refractivity contribution in [2.75, 3.05) is 12.4 Å². The number of carbonyl (C=O) groups excluding carboxylic acids is 3. The summed E-state index contributed by atoms with van der Waals surface area (Å²) in [5, 5.41) is 5.51. The number of esters is 1. The molecule has 7 nitrogen and oxygen atoms in total. The lowest BCUT2D eigenvalue weighted by Gasteiger charge is -2.16. The molecule has 7 heteroatoms. The van der Waals surface area contributed by atoms with Gasteiger partial charge in [0.1, 0.15) is 5.82 Å². The number of rotatable bonds is 6. The molecular weight excluding hydrogens is 310 g/mol. The fourth-order valence-corrected chi connectivity index (χ4v) is 2.82. The molecule has 1 unspecified atom stereocenters. The Bertz CT molecular complexity index is 612. The summed E-state index contributed by atoms with van der Waals surface area (Å²) in [7, 11) is 1.29. The van der Waals surface area contributed by atoms with Gasteiger partial charge in [-0.05, 0) is 31.9 Å². The van der Waals surface area contributed by atoms with Crippen LogP contribution in [0.5, 0.6) is 0 Å². The second-order valence-corrected chi connectivity index (χ2v) is 6.06. The fraction of sp³-hybridized carbons (Fsp3) is 0.529. The number of amides is 2. The maximum atomic E-state index is 12.1. The highest BCUT2D eigenvalue weighted by Crippen LogP contribution is 2.24. The highest BCUT2D eigenvalue weighted by molar-refractivity contribution is 5.94. The Balaban J connectivity index is 1.84. The predicted octanol–water partition coefficient (Wildman–Crippen LogP) is 1.89. The minimum atomic E-state index is -0.495. The maximum Gasteiger partial charge on any atom is 0.338 e. The molecule has 1 heterocycles. The van der Waals surface area contributed by atoms with E-state index in [-0.39, 0.29) is 36.0 Å². The van der Waals surface area contributed by atoms with Crippen LogP contribution >= 0.6 is 0 Å². The van der Waals surface area contributed by atoms with Crippen molar-refractivity contribution in [2.24, 2.45) is 5.92 Å². The van der Waals surface area contributed by atoms with Crippen molar-refractivity contribution in [1.29, 1.82) is 0 Å². The first-order valence-corrected chi connectivity index (χ1v) is 8.14. The van der Waals surface area contributed by atoms with Gasteiger partial charge in [-0.15, -0.1) is 0 Å². The van der Waals surface area contributed by atoms with E-state index in [4.69, 9.17) is 0 Å². The summed E-state index contributed by atoms with van der Waals surface area (Å²) in [6, 6.07) is 2.69. The zero-order valence-electron chi connectivity index (χ0n) is 14.0. The van der Waals surface area contributed by atoms with Gasteiger partial charge in [0.2, 0.25) is 11.8 Å². The molecule has 1 aliphatic rings. The molecule has 2 rings (SSSR count). The van der Waals surface area contributed by atoms with Gasteiger partial charge in [0.15, 0.2) is 0 Å². The lowest BCUT2D eigenvalue weighted by molar-refractivity contribution is -0.125. The first kappa shape index (κ1) is 17.9. The Labute approximate surface area is 141 Å². The van der Waals surface area contributed by atoms with Crippen molar-refractivity contribution < 1.29 is 19.1 Å². The highest BCUT2D eigenvalue weighted by atomic mass is 16.5. The van der Waals surface area contributed by atoms with E-state index >= 15 is 0 Å². The van der Waals surface area contributed by atoms with Crippen molar-refractivity contribution in [2.45, 2.75) is 45.1 Å². The van der Waals surface area contributed by atoms with Crippen molar-refractivity contribution in [3.8, 4) is 0 Å². The van der Waals surface area contributed by atoms with Crippen LogP contribution in [0.4, 0.5) is 5.82 Å². The van der Waals surface area contributed by atoms with E-state index < -0.39 is 5.97 Å². The second-order valence-electron chi connectivity index (χ2n) is 6.06. The molecule has 1 aromatic rings. The number of aromatic nitrogens is 1. The van der Waals surface area contributed by atoms with Crippen molar-refractivity contribution >= 4 is 23.6 Å². The van der Waals surface area contributed by atoms with Crippen molar-refractivity contribution in [3.05, 3.63) is 23.9 Å². The summed E-state index contributed by atoms with van der Waals surface area (Å²) in [5.74, 6) is -0.390. The van der Waals surface area contributed by atoms with Crippen LogP contribution in [0, 0.1) is 5.92 Å². The van der Waals surface area contributed by atoms with Gasteiger partial charge in [-0.1, -0.05) is 12.8 Å². The van der Waals surface area contributed by atoms with E-state index in [9.17, 15) is 14.4 Å². The molecule has 0 spiro atoms. The first-order valence-electron chi connectivity index (χ1n) is 8.14. The molecule has 2 N–H and O–H groups in total. The molecular formula is C17H23N3O4. The summed E-state index contributed by atoms with van der Waals surface area (Å²) in [6.45, 7) is 1.80. The summed E-state index contributed by atoms with van der Waals surface area (Å²) in [6.07, 6.45) is 5.60. The molecule has 1 saturated carbocycles. The number of carbonyl (C=O) groups is 3. The van der Waals surface area contributed by atoms with Gasteiger partial charge in [-0.2, -0.15) is 0 Å². The topological polar surface area (TPSA) is 97.4 Å². The van der Waals surface area contributed by atoms with E-state index in [1.54, 1.807) is 6.92 Å². The zero-order valence-corrected chi connectivity index (χ0v) is 14.0. The Morgan fingerprint density at radius 1 is 1.33 bits per heavy atom. The van der Waals surface area contributed by atoms with Gasteiger partial charge < -0.3 is 15.4 Å². The molecule has 0 aliphatic heterocycles. The summed E-state index contributed by atoms with van der Waals surface area (Å²) in [5.41, 5.74) is 0.311. The van der Waals surface area contributed by atoms with Crippen molar-refractivity contribution in [3.63, 3.8) is 0 Å². The maximum absolute atomic E-state index is 12.1. The monoisotopic (exact) mass is 333 g/mol. The van der Waals surface area contributed by atoms with Gasteiger partial charge in [-0.25, -0.2) is 9.78 Å². The molecule has 130 valence electrons.